The van der Waals surface area contributed by atoms with Gasteiger partial charge in [0, 0.05) is 31.7 Å². The van der Waals surface area contributed by atoms with Crippen molar-refractivity contribution in [2.45, 2.75) is 70.6 Å². The molecule has 180 valence electrons. The van der Waals surface area contributed by atoms with Gasteiger partial charge in [-0.1, -0.05) is 30.3 Å². The lowest BCUT2D eigenvalue weighted by Gasteiger charge is -2.41. The molecule has 33 heavy (non-hydrogen) atoms. The molecule has 3 aliphatic heterocycles. The van der Waals surface area contributed by atoms with Crippen LogP contribution < -0.4 is 5.32 Å². The molecule has 0 atom stereocenters. The number of rotatable bonds is 2. The predicted octanol–water partition coefficient (Wildman–Crippen LogP) is 3.70. The van der Waals surface area contributed by atoms with Crippen molar-refractivity contribution < 1.29 is 23.9 Å². The zero-order valence-corrected chi connectivity index (χ0v) is 19.9. The minimum absolute atomic E-state index is 0.0884. The van der Waals surface area contributed by atoms with Crippen molar-refractivity contribution >= 4 is 18.1 Å². The summed E-state index contributed by atoms with van der Waals surface area (Å²) in [6, 6.07) is 9.61. The van der Waals surface area contributed by atoms with Gasteiger partial charge in [-0.25, -0.2) is 9.59 Å². The third kappa shape index (κ3) is 5.25. The monoisotopic (exact) mass is 457 g/mol. The fourth-order valence-corrected chi connectivity index (χ4v) is 5.22. The first-order chi connectivity index (χ1) is 15.6. The number of carbonyl (C=O) groups excluding carboxylic acids is 3. The Bertz CT molecular complexity index is 879. The van der Waals surface area contributed by atoms with Gasteiger partial charge in [0.05, 0.1) is 5.41 Å². The SMILES string of the molecule is CC(C)(C)OC(=O)N1CCC2(CC1)CC1(CCN(C(=O)OCc3ccccc3)CC1)C(=O)N2. The van der Waals surface area contributed by atoms with Crippen molar-refractivity contribution in [3.8, 4) is 0 Å². The van der Waals surface area contributed by atoms with E-state index in [1.54, 1.807) is 9.80 Å². The van der Waals surface area contributed by atoms with Gasteiger partial charge in [-0.15, -0.1) is 0 Å². The lowest BCUT2D eigenvalue weighted by molar-refractivity contribution is -0.130. The average Bonchev–Trinajstić information content (AvgIpc) is 3.02. The molecular formula is C25H35N3O5. The Kier molecular flexibility index (Phi) is 6.29. The van der Waals surface area contributed by atoms with Crippen LogP contribution in [0.3, 0.4) is 0 Å². The Morgan fingerprint density at radius 1 is 0.939 bits per heavy atom. The van der Waals surface area contributed by atoms with Gasteiger partial charge in [-0.2, -0.15) is 0 Å². The minimum Gasteiger partial charge on any atom is -0.445 e. The van der Waals surface area contributed by atoms with Crippen molar-refractivity contribution in [3.05, 3.63) is 35.9 Å². The van der Waals surface area contributed by atoms with Gasteiger partial charge in [0.2, 0.25) is 5.91 Å². The van der Waals surface area contributed by atoms with Crippen LogP contribution in [0.2, 0.25) is 0 Å². The maximum atomic E-state index is 13.1. The topological polar surface area (TPSA) is 88.2 Å². The highest BCUT2D eigenvalue weighted by Crippen LogP contribution is 2.47. The zero-order chi connectivity index (χ0) is 23.7. The second kappa shape index (κ2) is 8.88. The molecule has 0 bridgehead atoms. The number of ether oxygens (including phenoxy) is 2. The highest BCUT2D eigenvalue weighted by atomic mass is 16.6. The summed E-state index contributed by atoms with van der Waals surface area (Å²) in [6.07, 6.45) is 2.86. The average molecular weight is 458 g/mol. The van der Waals surface area contributed by atoms with Crippen LogP contribution in [0.5, 0.6) is 0 Å². The molecule has 4 rings (SSSR count). The molecule has 1 N–H and O–H groups in total. The molecule has 0 aromatic heterocycles. The number of likely N-dealkylation sites (tertiary alicyclic amines) is 2. The number of nitrogens with zero attached hydrogens (tertiary/aromatic N) is 2. The lowest BCUT2D eigenvalue weighted by atomic mass is 9.71. The van der Waals surface area contributed by atoms with Crippen molar-refractivity contribution in [1.29, 1.82) is 0 Å². The van der Waals surface area contributed by atoms with Crippen LogP contribution in [-0.2, 0) is 20.9 Å². The van der Waals surface area contributed by atoms with E-state index in [1.165, 1.54) is 0 Å². The Hall–Kier alpha value is -2.77. The van der Waals surface area contributed by atoms with Gasteiger partial charge < -0.3 is 24.6 Å². The smallest absolute Gasteiger partial charge is 0.410 e. The number of hydrogen-bond acceptors (Lipinski definition) is 5. The van der Waals surface area contributed by atoms with E-state index >= 15 is 0 Å². The van der Waals surface area contributed by atoms with Gasteiger partial charge >= 0.3 is 12.2 Å². The summed E-state index contributed by atoms with van der Waals surface area (Å²) in [5.41, 5.74) is -0.279. The van der Waals surface area contributed by atoms with E-state index in [0.29, 0.717) is 39.0 Å². The fourth-order valence-electron chi connectivity index (χ4n) is 5.22. The highest BCUT2D eigenvalue weighted by molar-refractivity contribution is 5.86. The van der Waals surface area contributed by atoms with Gasteiger partial charge in [0.25, 0.3) is 0 Å². The third-order valence-corrected chi connectivity index (χ3v) is 7.09. The lowest BCUT2D eigenvalue weighted by Crippen LogP contribution is -2.52. The van der Waals surface area contributed by atoms with E-state index in [2.05, 4.69) is 5.32 Å². The summed E-state index contributed by atoms with van der Waals surface area (Å²) in [7, 11) is 0. The van der Waals surface area contributed by atoms with Crippen molar-refractivity contribution in [2.75, 3.05) is 26.2 Å². The van der Waals surface area contributed by atoms with E-state index in [1.807, 2.05) is 51.1 Å². The molecule has 3 saturated heterocycles. The number of piperidine rings is 2. The quantitative estimate of drug-likeness (QED) is 0.732. The highest BCUT2D eigenvalue weighted by Gasteiger charge is 2.56. The summed E-state index contributed by atoms with van der Waals surface area (Å²) in [4.78, 5) is 41.4. The summed E-state index contributed by atoms with van der Waals surface area (Å²) >= 11 is 0. The maximum Gasteiger partial charge on any atom is 0.410 e. The van der Waals surface area contributed by atoms with Gasteiger partial charge in [0.15, 0.2) is 0 Å². The van der Waals surface area contributed by atoms with Crippen molar-refractivity contribution in [1.82, 2.24) is 15.1 Å². The second-order valence-electron chi connectivity index (χ2n) is 10.7. The van der Waals surface area contributed by atoms with Crippen LogP contribution in [0.25, 0.3) is 0 Å². The first-order valence-electron chi connectivity index (χ1n) is 11.9. The minimum atomic E-state index is -0.520. The van der Waals surface area contributed by atoms with E-state index in [-0.39, 0.29) is 30.2 Å². The van der Waals surface area contributed by atoms with Crippen LogP contribution in [0.15, 0.2) is 30.3 Å². The van der Waals surface area contributed by atoms with Crippen molar-refractivity contribution in [3.63, 3.8) is 0 Å². The van der Waals surface area contributed by atoms with E-state index in [9.17, 15) is 14.4 Å². The number of carbonyl (C=O) groups is 3. The summed E-state index contributed by atoms with van der Waals surface area (Å²) in [6.45, 7) is 8.01. The van der Waals surface area contributed by atoms with Gasteiger partial charge in [-0.3, -0.25) is 4.79 Å². The predicted molar refractivity (Wildman–Crippen MR) is 122 cm³/mol. The molecule has 3 heterocycles. The number of benzene rings is 1. The first kappa shape index (κ1) is 23.4. The van der Waals surface area contributed by atoms with Crippen LogP contribution in [-0.4, -0.2) is 65.2 Å². The molecule has 2 spiro atoms. The van der Waals surface area contributed by atoms with Crippen molar-refractivity contribution in [2.24, 2.45) is 5.41 Å². The molecule has 3 aliphatic rings. The Morgan fingerprint density at radius 3 is 2.12 bits per heavy atom. The Labute approximate surface area is 195 Å². The van der Waals surface area contributed by atoms with E-state index < -0.39 is 11.0 Å². The summed E-state index contributed by atoms with van der Waals surface area (Å²) in [5, 5.41) is 3.28. The number of amides is 3. The Balaban J connectivity index is 1.28. The summed E-state index contributed by atoms with van der Waals surface area (Å²) < 4.78 is 11.0. The molecule has 0 aliphatic carbocycles. The molecule has 0 radical (unpaired) electrons. The molecule has 8 heteroatoms. The number of nitrogens with one attached hydrogen (secondary N) is 1. The molecule has 0 saturated carbocycles. The third-order valence-electron chi connectivity index (χ3n) is 7.09. The molecule has 1 aromatic carbocycles. The largest absolute Gasteiger partial charge is 0.445 e. The van der Waals surface area contributed by atoms with Gasteiger partial charge in [0.1, 0.15) is 12.2 Å². The molecule has 8 nitrogen and oxygen atoms in total. The fraction of sp³-hybridized carbons (Fsp3) is 0.640. The number of hydrogen-bond donors (Lipinski definition) is 1. The second-order valence-corrected chi connectivity index (χ2v) is 10.7. The molecule has 3 amide bonds. The van der Waals surface area contributed by atoms with E-state index in [4.69, 9.17) is 9.47 Å². The Morgan fingerprint density at radius 2 is 1.52 bits per heavy atom. The normalized spacial score (nSPS) is 21.7. The van der Waals surface area contributed by atoms with Crippen LogP contribution in [0.1, 0.15) is 58.4 Å². The molecule has 3 fully saturated rings. The van der Waals surface area contributed by atoms with Crippen LogP contribution in [0, 0.1) is 5.41 Å². The zero-order valence-electron chi connectivity index (χ0n) is 19.9. The summed E-state index contributed by atoms with van der Waals surface area (Å²) in [5.74, 6) is 0.0884. The molecule has 0 unspecified atom stereocenters. The molecule has 1 aromatic rings. The maximum absolute atomic E-state index is 13.1. The molecular weight excluding hydrogens is 422 g/mol. The standard InChI is InChI=1S/C25H35N3O5/c1-23(2,3)33-22(31)28-15-11-25(12-16-28)18-24(20(29)26-25)9-13-27(14-10-24)21(30)32-17-19-7-5-4-6-8-19/h4-8H,9-18H2,1-3H3,(H,26,29). The van der Waals surface area contributed by atoms with E-state index in [0.717, 1.165) is 24.8 Å². The van der Waals surface area contributed by atoms with Gasteiger partial charge in [-0.05, 0) is 58.4 Å². The first-order valence-corrected chi connectivity index (χ1v) is 11.9. The van der Waals surface area contributed by atoms with Crippen LogP contribution >= 0.6 is 0 Å². The van der Waals surface area contributed by atoms with Crippen LogP contribution in [0.4, 0.5) is 9.59 Å².